The van der Waals surface area contributed by atoms with Gasteiger partial charge in [-0.3, -0.25) is 4.90 Å². The number of thiazole rings is 1. The number of halogens is 2. The van der Waals surface area contributed by atoms with Crippen LogP contribution in [0.1, 0.15) is 17.1 Å². The smallest absolute Gasteiger partial charge is 0.321 e. The van der Waals surface area contributed by atoms with Crippen molar-refractivity contribution >= 4 is 23.1 Å². The lowest BCUT2D eigenvalue weighted by atomic mass is 10.3. The van der Waals surface area contributed by atoms with Crippen LogP contribution in [0.15, 0.2) is 23.6 Å². The van der Waals surface area contributed by atoms with Gasteiger partial charge in [-0.1, -0.05) is 0 Å². The Morgan fingerprint density at radius 1 is 1.20 bits per heavy atom. The number of aromatic nitrogens is 1. The van der Waals surface area contributed by atoms with Crippen molar-refractivity contribution in [1.29, 1.82) is 0 Å². The number of carbonyl (C=O) groups excluding carboxylic acids is 1. The largest absolute Gasteiger partial charge is 0.323 e. The van der Waals surface area contributed by atoms with E-state index in [2.05, 4.69) is 20.6 Å². The molecule has 2 heterocycles. The SMILES string of the molecule is Cc1nc(CN2CCCN(C(=O)Nc3cc(F)cc(F)c3)CC2)cs1. The summed E-state index contributed by atoms with van der Waals surface area (Å²) in [6, 6.07) is 2.65. The number of nitrogens with one attached hydrogen (secondary N) is 1. The van der Waals surface area contributed by atoms with E-state index in [4.69, 9.17) is 0 Å². The molecule has 0 bridgehead atoms. The van der Waals surface area contributed by atoms with E-state index in [9.17, 15) is 13.6 Å². The van der Waals surface area contributed by atoms with Crippen LogP contribution in [0.25, 0.3) is 0 Å². The molecular weight excluding hydrogens is 346 g/mol. The zero-order valence-corrected chi connectivity index (χ0v) is 14.8. The van der Waals surface area contributed by atoms with Crippen molar-refractivity contribution in [3.8, 4) is 0 Å². The molecule has 0 radical (unpaired) electrons. The molecule has 134 valence electrons. The number of aryl methyl sites for hydroxylation is 1. The van der Waals surface area contributed by atoms with Gasteiger partial charge in [0.05, 0.1) is 10.7 Å². The lowest BCUT2D eigenvalue weighted by molar-refractivity contribution is 0.211. The van der Waals surface area contributed by atoms with Crippen LogP contribution < -0.4 is 5.32 Å². The van der Waals surface area contributed by atoms with Gasteiger partial charge in [-0.05, 0) is 25.5 Å². The molecule has 1 N–H and O–H groups in total. The molecule has 2 aromatic rings. The van der Waals surface area contributed by atoms with Crippen molar-refractivity contribution in [2.24, 2.45) is 0 Å². The predicted octanol–water partition coefficient (Wildman–Crippen LogP) is 3.47. The van der Waals surface area contributed by atoms with E-state index in [1.54, 1.807) is 16.2 Å². The first-order valence-electron chi connectivity index (χ1n) is 8.15. The Morgan fingerprint density at radius 2 is 1.96 bits per heavy atom. The molecule has 0 aliphatic carbocycles. The van der Waals surface area contributed by atoms with Crippen molar-refractivity contribution in [2.45, 2.75) is 19.9 Å². The van der Waals surface area contributed by atoms with E-state index in [-0.39, 0.29) is 11.7 Å². The molecule has 0 spiro atoms. The second-order valence-corrected chi connectivity index (χ2v) is 7.13. The molecule has 5 nitrogen and oxygen atoms in total. The van der Waals surface area contributed by atoms with Crippen molar-refractivity contribution < 1.29 is 13.6 Å². The van der Waals surface area contributed by atoms with Crippen LogP contribution in [0.3, 0.4) is 0 Å². The van der Waals surface area contributed by atoms with E-state index < -0.39 is 11.6 Å². The summed E-state index contributed by atoms with van der Waals surface area (Å²) in [6.07, 6.45) is 0.841. The van der Waals surface area contributed by atoms with Crippen LogP contribution in [0.5, 0.6) is 0 Å². The van der Waals surface area contributed by atoms with Crippen LogP contribution in [0.2, 0.25) is 0 Å². The monoisotopic (exact) mass is 366 g/mol. The molecule has 0 unspecified atom stereocenters. The second-order valence-electron chi connectivity index (χ2n) is 6.06. The van der Waals surface area contributed by atoms with Gasteiger partial charge in [0.25, 0.3) is 0 Å². The number of hydrogen-bond acceptors (Lipinski definition) is 4. The minimum Gasteiger partial charge on any atom is -0.323 e. The highest BCUT2D eigenvalue weighted by Gasteiger charge is 2.20. The Balaban J connectivity index is 1.55. The summed E-state index contributed by atoms with van der Waals surface area (Å²) in [6.45, 7) is 5.55. The fourth-order valence-electron chi connectivity index (χ4n) is 2.87. The summed E-state index contributed by atoms with van der Waals surface area (Å²) in [4.78, 5) is 20.8. The fourth-order valence-corrected chi connectivity index (χ4v) is 3.47. The maximum absolute atomic E-state index is 13.2. The van der Waals surface area contributed by atoms with E-state index in [0.29, 0.717) is 13.1 Å². The summed E-state index contributed by atoms with van der Waals surface area (Å²) in [5, 5.41) is 5.67. The van der Waals surface area contributed by atoms with Gasteiger partial charge in [0, 0.05) is 49.9 Å². The van der Waals surface area contributed by atoms with Crippen molar-refractivity contribution in [3.63, 3.8) is 0 Å². The van der Waals surface area contributed by atoms with Crippen LogP contribution in [0.4, 0.5) is 19.3 Å². The van der Waals surface area contributed by atoms with Gasteiger partial charge in [-0.15, -0.1) is 11.3 Å². The Bertz CT molecular complexity index is 732. The third-order valence-corrected chi connectivity index (χ3v) is 4.86. The standard InChI is InChI=1S/C17H20F2N4OS/c1-12-20-16(11-25-12)10-22-3-2-4-23(6-5-22)17(24)21-15-8-13(18)7-14(19)9-15/h7-9,11H,2-6,10H2,1H3,(H,21,24). The van der Waals surface area contributed by atoms with Gasteiger partial charge in [-0.25, -0.2) is 18.6 Å². The predicted molar refractivity (Wildman–Crippen MR) is 93.7 cm³/mol. The lowest BCUT2D eigenvalue weighted by Crippen LogP contribution is -2.38. The number of urea groups is 1. The van der Waals surface area contributed by atoms with Gasteiger partial charge in [0.1, 0.15) is 11.6 Å². The minimum absolute atomic E-state index is 0.126. The third-order valence-electron chi connectivity index (χ3n) is 4.04. The number of carbonyl (C=O) groups is 1. The summed E-state index contributed by atoms with van der Waals surface area (Å²) in [5.74, 6) is -1.42. The van der Waals surface area contributed by atoms with Crippen LogP contribution in [-0.2, 0) is 6.54 Å². The quantitative estimate of drug-likeness (QED) is 0.905. The number of amides is 2. The first-order valence-corrected chi connectivity index (χ1v) is 9.03. The highest BCUT2D eigenvalue weighted by atomic mass is 32.1. The summed E-state index contributed by atoms with van der Waals surface area (Å²) < 4.78 is 26.5. The number of nitrogens with zero attached hydrogens (tertiary/aromatic N) is 3. The van der Waals surface area contributed by atoms with E-state index in [1.165, 1.54) is 0 Å². The molecule has 8 heteroatoms. The first kappa shape index (κ1) is 17.8. The molecule has 3 rings (SSSR count). The van der Waals surface area contributed by atoms with Gasteiger partial charge < -0.3 is 10.2 Å². The van der Waals surface area contributed by atoms with Crippen molar-refractivity contribution in [3.05, 3.63) is 45.9 Å². The van der Waals surface area contributed by atoms with Gasteiger partial charge in [0.2, 0.25) is 0 Å². The maximum Gasteiger partial charge on any atom is 0.321 e. The Hall–Kier alpha value is -2.06. The van der Waals surface area contributed by atoms with Crippen LogP contribution >= 0.6 is 11.3 Å². The van der Waals surface area contributed by atoms with Gasteiger partial charge >= 0.3 is 6.03 Å². The summed E-state index contributed by atoms with van der Waals surface area (Å²) in [5.41, 5.74) is 1.18. The highest BCUT2D eigenvalue weighted by molar-refractivity contribution is 7.09. The minimum atomic E-state index is -0.712. The van der Waals surface area contributed by atoms with Crippen LogP contribution in [0, 0.1) is 18.6 Å². The average Bonchev–Trinajstić information content (AvgIpc) is 2.80. The molecule has 1 aromatic heterocycles. The molecule has 1 fully saturated rings. The number of rotatable bonds is 3. The van der Waals surface area contributed by atoms with Crippen molar-refractivity contribution in [2.75, 3.05) is 31.5 Å². The molecular formula is C17H20F2N4OS. The second kappa shape index (κ2) is 7.88. The Morgan fingerprint density at radius 3 is 2.64 bits per heavy atom. The zero-order valence-electron chi connectivity index (χ0n) is 14.0. The molecule has 1 aliphatic heterocycles. The van der Waals surface area contributed by atoms with E-state index in [1.807, 2.05) is 6.92 Å². The topological polar surface area (TPSA) is 48.5 Å². The highest BCUT2D eigenvalue weighted by Crippen LogP contribution is 2.15. The number of anilines is 1. The average molecular weight is 366 g/mol. The van der Waals surface area contributed by atoms with Gasteiger partial charge in [-0.2, -0.15) is 0 Å². The molecule has 1 aliphatic rings. The Kier molecular flexibility index (Phi) is 5.60. The lowest BCUT2D eigenvalue weighted by Gasteiger charge is -2.22. The molecule has 2 amide bonds. The van der Waals surface area contributed by atoms with E-state index >= 15 is 0 Å². The van der Waals surface area contributed by atoms with Gasteiger partial charge in [0.15, 0.2) is 0 Å². The van der Waals surface area contributed by atoms with E-state index in [0.717, 1.165) is 55.0 Å². The number of hydrogen-bond donors (Lipinski definition) is 1. The van der Waals surface area contributed by atoms with Crippen molar-refractivity contribution in [1.82, 2.24) is 14.8 Å². The number of benzene rings is 1. The Labute approximate surface area is 149 Å². The third kappa shape index (κ3) is 4.96. The molecule has 0 atom stereocenters. The normalized spacial score (nSPS) is 15.9. The molecule has 1 aromatic carbocycles. The first-order chi connectivity index (χ1) is 12.0. The summed E-state index contributed by atoms with van der Waals surface area (Å²) >= 11 is 1.63. The molecule has 1 saturated heterocycles. The molecule has 25 heavy (non-hydrogen) atoms. The molecule has 0 saturated carbocycles. The van der Waals surface area contributed by atoms with Crippen LogP contribution in [-0.4, -0.2) is 47.0 Å². The maximum atomic E-state index is 13.2. The fraction of sp³-hybridized carbons (Fsp3) is 0.412. The zero-order chi connectivity index (χ0) is 17.8. The summed E-state index contributed by atoms with van der Waals surface area (Å²) in [7, 11) is 0.